The van der Waals surface area contributed by atoms with Gasteiger partial charge < -0.3 is 0 Å². The number of H-pyrrole nitrogens is 1. The highest BCUT2D eigenvalue weighted by molar-refractivity contribution is 7.94. The van der Waals surface area contributed by atoms with Gasteiger partial charge in [-0.1, -0.05) is 0 Å². The highest BCUT2D eigenvalue weighted by Gasteiger charge is 2.29. The van der Waals surface area contributed by atoms with E-state index in [9.17, 15) is 8.42 Å². The number of nitrogens with zero attached hydrogens (tertiary/aromatic N) is 1. The van der Waals surface area contributed by atoms with E-state index in [-0.39, 0.29) is 0 Å². The smallest absolute Gasteiger partial charge is 0.238 e. The molecule has 74 valence electrons. The van der Waals surface area contributed by atoms with Crippen molar-refractivity contribution in [1.82, 2.24) is 10.2 Å². The van der Waals surface area contributed by atoms with E-state index in [2.05, 4.69) is 14.9 Å². The van der Waals surface area contributed by atoms with Gasteiger partial charge in [-0.05, 0) is 20.8 Å². The highest BCUT2D eigenvalue weighted by atomic mass is 32.2. The minimum atomic E-state index is -3.34. The van der Waals surface area contributed by atoms with Crippen molar-refractivity contribution in [3.8, 4) is 0 Å². The maximum absolute atomic E-state index is 11.6. The Bertz CT molecular complexity index is 361. The van der Waals surface area contributed by atoms with Crippen LogP contribution in [0.2, 0.25) is 0 Å². The summed E-state index contributed by atoms with van der Waals surface area (Å²) in [5.74, 6) is 0.384. The Hall–Kier alpha value is -1.04. The van der Waals surface area contributed by atoms with Crippen LogP contribution in [0.1, 0.15) is 20.8 Å². The van der Waals surface area contributed by atoms with Crippen molar-refractivity contribution in [2.45, 2.75) is 25.5 Å². The zero-order chi connectivity index (χ0) is 10.1. The Labute approximate surface area is 77.6 Å². The number of nitrogens with one attached hydrogen (secondary N) is 2. The first-order valence-corrected chi connectivity index (χ1v) is 5.33. The SMILES string of the molecule is CC(C)(C)S(=O)(=O)Nc1ccn[nH]1. The first-order valence-electron chi connectivity index (χ1n) is 3.85. The van der Waals surface area contributed by atoms with Gasteiger partial charge in [0.2, 0.25) is 10.0 Å². The lowest BCUT2D eigenvalue weighted by Gasteiger charge is -2.19. The fourth-order valence-electron chi connectivity index (χ4n) is 0.611. The van der Waals surface area contributed by atoms with Crippen LogP contribution in [-0.4, -0.2) is 23.4 Å². The molecule has 0 saturated heterocycles. The van der Waals surface area contributed by atoms with Gasteiger partial charge in [-0.3, -0.25) is 9.82 Å². The molecule has 13 heavy (non-hydrogen) atoms. The van der Waals surface area contributed by atoms with Crippen molar-refractivity contribution in [2.75, 3.05) is 4.72 Å². The monoisotopic (exact) mass is 203 g/mol. The summed E-state index contributed by atoms with van der Waals surface area (Å²) in [6, 6.07) is 1.56. The molecule has 1 heterocycles. The van der Waals surface area contributed by atoms with Crippen LogP contribution in [0.15, 0.2) is 12.3 Å². The van der Waals surface area contributed by atoms with Crippen LogP contribution in [0.4, 0.5) is 5.82 Å². The van der Waals surface area contributed by atoms with Gasteiger partial charge in [0.1, 0.15) is 5.82 Å². The predicted molar refractivity (Wildman–Crippen MR) is 50.9 cm³/mol. The molecule has 0 bridgehead atoms. The first kappa shape index (κ1) is 10.0. The van der Waals surface area contributed by atoms with Gasteiger partial charge >= 0.3 is 0 Å². The maximum atomic E-state index is 11.6. The third-order valence-electron chi connectivity index (χ3n) is 1.55. The first-order chi connectivity index (χ1) is 5.83. The van der Waals surface area contributed by atoms with E-state index in [1.54, 1.807) is 26.8 Å². The van der Waals surface area contributed by atoms with Crippen molar-refractivity contribution < 1.29 is 8.42 Å². The summed E-state index contributed by atoms with van der Waals surface area (Å²) in [6.45, 7) is 4.89. The van der Waals surface area contributed by atoms with Crippen LogP contribution in [0.25, 0.3) is 0 Å². The zero-order valence-corrected chi connectivity index (χ0v) is 8.64. The molecule has 1 rings (SSSR count). The average Bonchev–Trinajstić information content (AvgIpc) is 2.35. The summed E-state index contributed by atoms with van der Waals surface area (Å²) in [5.41, 5.74) is 0. The van der Waals surface area contributed by atoms with Crippen molar-refractivity contribution in [1.29, 1.82) is 0 Å². The van der Waals surface area contributed by atoms with Gasteiger partial charge in [-0.15, -0.1) is 0 Å². The van der Waals surface area contributed by atoms with Gasteiger partial charge in [0.15, 0.2) is 0 Å². The quantitative estimate of drug-likeness (QED) is 0.751. The summed E-state index contributed by atoms with van der Waals surface area (Å²) >= 11 is 0. The molecule has 2 N–H and O–H groups in total. The third-order valence-corrected chi connectivity index (χ3v) is 3.65. The van der Waals surface area contributed by atoms with E-state index in [4.69, 9.17) is 0 Å². The molecule has 0 amide bonds. The number of hydrogen-bond donors (Lipinski definition) is 2. The standard InChI is InChI=1S/C7H13N3O2S/c1-7(2,3)13(11,12)10-6-4-5-8-9-6/h4-5H,1-3H3,(H2,8,9,10). The number of aromatic nitrogens is 2. The minimum Gasteiger partial charge on any atom is -0.267 e. The molecule has 6 heteroatoms. The van der Waals surface area contributed by atoms with Crippen LogP contribution in [-0.2, 0) is 10.0 Å². The van der Waals surface area contributed by atoms with E-state index in [1.165, 1.54) is 6.20 Å². The summed E-state index contributed by atoms with van der Waals surface area (Å²) in [7, 11) is -3.34. The normalized spacial score (nSPS) is 12.8. The second-order valence-electron chi connectivity index (χ2n) is 3.69. The second kappa shape index (κ2) is 3.02. The molecule has 0 aliphatic rings. The van der Waals surface area contributed by atoms with Crippen LogP contribution < -0.4 is 4.72 Å². The lowest BCUT2D eigenvalue weighted by molar-refractivity contribution is 0.566. The van der Waals surface area contributed by atoms with Gasteiger partial charge in [0, 0.05) is 6.07 Å². The number of anilines is 1. The van der Waals surface area contributed by atoms with E-state index in [0.29, 0.717) is 5.82 Å². The molecule has 0 aromatic carbocycles. The minimum absolute atomic E-state index is 0.384. The molecule has 0 unspecified atom stereocenters. The molecule has 5 nitrogen and oxygen atoms in total. The lowest BCUT2D eigenvalue weighted by atomic mass is 10.3. The molecule has 0 spiro atoms. The molecule has 0 aliphatic carbocycles. The highest BCUT2D eigenvalue weighted by Crippen LogP contribution is 2.17. The van der Waals surface area contributed by atoms with E-state index in [1.807, 2.05) is 0 Å². The molecular weight excluding hydrogens is 190 g/mol. The molecular formula is C7H13N3O2S. The van der Waals surface area contributed by atoms with Crippen molar-refractivity contribution in [3.63, 3.8) is 0 Å². The van der Waals surface area contributed by atoms with Crippen molar-refractivity contribution >= 4 is 15.8 Å². The van der Waals surface area contributed by atoms with Crippen molar-refractivity contribution in [3.05, 3.63) is 12.3 Å². The third kappa shape index (κ3) is 2.21. The second-order valence-corrected chi connectivity index (χ2v) is 6.12. The largest absolute Gasteiger partial charge is 0.267 e. The Morgan fingerprint density at radius 1 is 1.46 bits per heavy atom. The van der Waals surface area contributed by atoms with Gasteiger partial charge in [-0.2, -0.15) is 5.10 Å². The Kier molecular flexibility index (Phi) is 2.34. The molecule has 1 aromatic heterocycles. The van der Waals surface area contributed by atoms with Crippen LogP contribution in [0.5, 0.6) is 0 Å². The lowest BCUT2D eigenvalue weighted by Crippen LogP contribution is -2.33. The van der Waals surface area contributed by atoms with E-state index >= 15 is 0 Å². The van der Waals surface area contributed by atoms with Gasteiger partial charge in [0.05, 0.1) is 10.9 Å². The molecule has 1 aromatic rings. The fourth-order valence-corrected chi connectivity index (χ4v) is 1.32. The zero-order valence-electron chi connectivity index (χ0n) is 7.83. The van der Waals surface area contributed by atoms with Gasteiger partial charge in [-0.25, -0.2) is 8.42 Å². The Morgan fingerprint density at radius 2 is 2.08 bits per heavy atom. The Morgan fingerprint density at radius 3 is 2.46 bits per heavy atom. The van der Waals surface area contributed by atoms with Crippen LogP contribution in [0.3, 0.4) is 0 Å². The number of hydrogen-bond acceptors (Lipinski definition) is 3. The van der Waals surface area contributed by atoms with E-state index in [0.717, 1.165) is 0 Å². The fraction of sp³-hybridized carbons (Fsp3) is 0.571. The molecule has 0 radical (unpaired) electrons. The van der Waals surface area contributed by atoms with Crippen molar-refractivity contribution in [2.24, 2.45) is 0 Å². The summed E-state index contributed by atoms with van der Waals surface area (Å²) in [6.07, 6.45) is 1.49. The summed E-state index contributed by atoms with van der Waals surface area (Å²) < 4.78 is 24.7. The number of aromatic amines is 1. The number of rotatable bonds is 2. The van der Waals surface area contributed by atoms with Gasteiger partial charge in [0.25, 0.3) is 0 Å². The Balaban J connectivity index is 2.87. The summed E-state index contributed by atoms with van der Waals surface area (Å²) in [5, 5.41) is 6.16. The maximum Gasteiger partial charge on any atom is 0.238 e. The molecule has 0 atom stereocenters. The van der Waals surface area contributed by atoms with Crippen LogP contribution >= 0.6 is 0 Å². The molecule has 0 fully saturated rings. The predicted octanol–water partition coefficient (Wildman–Crippen LogP) is 0.950. The number of sulfonamides is 1. The average molecular weight is 203 g/mol. The van der Waals surface area contributed by atoms with E-state index < -0.39 is 14.8 Å². The molecule has 0 aliphatic heterocycles. The molecule has 0 saturated carbocycles. The topological polar surface area (TPSA) is 74.8 Å². The van der Waals surface area contributed by atoms with Crippen LogP contribution in [0, 0.1) is 0 Å². The summed E-state index contributed by atoms with van der Waals surface area (Å²) in [4.78, 5) is 0.